The third kappa shape index (κ3) is 5.49. The topological polar surface area (TPSA) is 64.2 Å². The zero-order chi connectivity index (χ0) is 21.6. The summed E-state index contributed by atoms with van der Waals surface area (Å²) in [6.07, 6.45) is 1.84. The van der Waals surface area contributed by atoms with Crippen molar-refractivity contribution in [3.05, 3.63) is 60.3 Å². The van der Waals surface area contributed by atoms with Gasteiger partial charge in [-0.3, -0.25) is 0 Å². The predicted molar refractivity (Wildman–Crippen MR) is 129 cm³/mol. The molecule has 0 saturated carbocycles. The molecule has 0 radical (unpaired) electrons. The third-order valence-electron chi connectivity index (χ3n) is 5.57. The molecule has 3 N–H and O–H groups in total. The SMILES string of the molecule is CCOc1cccc(NC2N=C(Nc3ccc(N4CCN(C)CC4)cc3)NC=C2C)c1. The Morgan fingerprint density at radius 2 is 1.84 bits per heavy atom. The van der Waals surface area contributed by atoms with E-state index in [1.807, 2.05) is 37.4 Å². The lowest BCUT2D eigenvalue weighted by Gasteiger charge is -2.34. The van der Waals surface area contributed by atoms with Gasteiger partial charge in [0, 0.05) is 55.5 Å². The summed E-state index contributed by atoms with van der Waals surface area (Å²) in [7, 11) is 2.18. The Morgan fingerprint density at radius 1 is 1.06 bits per heavy atom. The van der Waals surface area contributed by atoms with Gasteiger partial charge < -0.3 is 30.5 Å². The van der Waals surface area contributed by atoms with Crippen molar-refractivity contribution in [1.29, 1.82) is 0 Å². The second kappa shape index (κ2) is 9.75. The van der Waals surface area contributed by atoms with Crippen LogP contribution in [0.5, 0.6) is 5.75 Å². The summed E-state index contributed by atoms with van der Waals surface area (Å²) in [5.41, 5.74) is 4.36. The molecule has 2 aromatic carbocycles. The van der Waals surface area contributed by atoms with Crippen molar-refractivity contribution < 1.29 is 4.74 Å². The number of nitrogens with zero attached hydrogens (tertiary/aromatic N) is 3. The Labute approximate surface area is 184 Å². The molecular weight excluding hydrogens is 388 g/mol. The Morgan fingerprint density at radius 3 is 2.58 bits per heavy atom. The van der Waals surface area contributed by atoms with Gasteiger partial charge in [-0.05, 0) is 62.9 Å². The predicted octanol–water partition coefficient (Wildman–Crippen LogP) is 3.55. The number of hydrogen-bond acceptors (Lipinski definition) is 7. The number of guanidine groups is 1. The monoisotopic (exact) mass is 420 g/mol. The van der Waals surface area contributed by atoms with E-state index < -0.39 is 0 Å². The molecular formula is C24H32N6O. The van der Waals surface area contributed by atoms with Gasteiger partial charge in [-0.15, -0.1) is 0 Å². The highest BCUT2D eigenvalue weighted by Gasteiger charge is 2.17. The number of anilines is 3. The molecule has 0 amide bonds. The number of likely N-dealkylation sites (N-methyl/N-ethyl adjacent to an activating group) is 1. The fourth-order valence-electron chi connectivity index (χ4n) is 3.70. The Hall–Kier alpha value is -3.19. The zero-order valence-electron chi connectivity index (χ0n) is 18.6. The molecule has 0 aliphatic carbocycles. The number of hydrogen-bond donors (Lipinski definition) is 3. The number of benzene rings is 2. The minimum atomic E-state index is -0.148. The molecule has 31 heavy (non-hydrogen) atoms. The average molecular weight is 421 g/mol. The van der Waals surface area contributed by atoms with Crippen molar-refractivity contribution in [1.82, 2.24) is 10.2 Å². The maximum absolute atomic E-state index is 5.60. The summed E-state index contributed by atoms with van der Waals surface area (Å²) in [4.78, 5) is 9.61. The highest BCUT2D eigenvalue weighted by Crippen LogP contribution is 2.22. The van der Waals surface area contributed by atoms with Crippen molar-refractivity contribution in [2.24, 2.45) is 4.99 Å². The molecule has 2 aliphatic rings. The number of piperazine rings is 1. The molecule has 164 valence electrons. The van der Waals surface area contributed by atoms with Crippen LogP contribution in [0.3, 0.4) is 0 Å². The van der Waals surface area contributed by atoms with Crippen LogP contribution in [-0.2, 0) is 0 Å². The van der Waals surface area contributed by atoms with Gasteiger partial charge in [0.15, 0.2) is 0 Å². The Kier molecular flexibility index (Phi) is 6.62. The van der Waals surface area contributed by atoms with Crippen LogP contribution in [0, 0.1) is 0 Å². The van der Waals surface area contributed by atoms with Gasteiger partial charge in [-0.2, -0.15) is 0 Å². The van der Waals surface area contributed by atoms with Crippen LogP contribution < -0.4 is 25.6 Å². The van der Waals surface area contributed by atoms with Gasteiger partial charge in [-0.1, -0.05) is 6.07 Å². The molecule has 1 saturated heterocycles. The summed E-state index contributed by atoms with van der Waals surface area (Å²) in [6, 6.07) is 16.5. The van der Waals surface area contributed by atoms with Crippen LogP contribution >= 0.6 is 0 Å². The van der Waals surface area contributed by atoms with Gasteiger partial charge in [0.2, 0.25) is 5.96 Å². The van der Waals surface area contributed by atoms with Gasteiger partial charge in [-0.25, -0.2) is 4.99 Å². The first kappa shape index (κ1) is 21.1. The van der Waals surface area contributed by atoms with Crippen molar-refractivity contribution >= 4 is 23.0 Å². The molecule has 7 nitrogen and oxygen atoms in total. The van der Waals surface area contributed by atoms with E-state index in [4.69, 9.17) is 9.73 Å². The highest BCUT2D eigenvalue weighted by atomic mass is 16.5. The lowest BCUT2D eigenvalue weighted by atomic mass is 10.2. The lowest BCUT2D eigenvalue weighted by Crippen LogP contribution is -2.44. The molecule has 2 heterocycles. The normalized spacial score (nSPS) is 19.2. The molecule has 1 unspecified atom stereocenters. The number of ether oxygens (including phenoxy) is 1. The minimum Gasteiger partial charge on any atom is -0.494 e. The van der Waals surface area contributed by atoms with E-state index >= 15 is 0 Å². The van der Waals surface area contributed by atoms with E-state index in [1.54, 1.807) is 0 Å². The van der Waals surface area contributed by atoms with E-state index in [1.165, 1.54) is 5.69 Å². The van der Waals surface area contributed by atoms with E-state index in [-0.39, 0.29) is 6.17 Å². The molecule has 1 fully saturated rings. The van der Waals surface area contributed by atoms with Crippen molar-refractivity contribution in [3.63, 3.8) is 0 Å². The molecule has 4 rings (SSSR count). The van der Waals surface area contributed by atoms with Gasteiger partial charge in [0.1, 0.15) is 11.9 Å². The molecule has 0 aromatic heterocycles. The quantitative estimate of drug-likeness (QED) is 0.664. The first-order chi connectivity index (χ1) is 15.1. The maximum Gasteiger partial charge on any atom is 0.202 e. The molecule has 2 aromatic rings. The van der Waals surface area contributed by atoms with Crippen molar-refractivity contribution in [2.45, 2.75) is 20.0 Å². The molecule has 1 atom stereocenters. The fourth-order valence-corrected chi connectivity index (χ4v) is 3.70. The Balaban J connectivity index is 1.39. The molecule has 7 heteroatoms. The summed E-state index contributed by atoms with van der Waals surface area (Å²) in [6.45, 7) is 9.04. The van der Waals surface area contributed by atoms with Crippen LogP contribution in [0.1, 0.15) is 13.8 Å². The second-order valence-electron chi connectivity index (χ2n) is 7.98. The fraction of sp³-hybridized carbons (Fsp3) is 0.375. The van der Waals surface area contributed by atoms with Crippen LogP contribution in [0.2, 0.25) is 0 Å². The number of nitrogens with one attached hydrogen (secondary N) is 3. The van der Waals surface area contributed by atoms with Gasteiger partial charge in [0.05, 0.1) is 6.61 Å². The van der Waals surface area contributed by atoms with E-state index in [0.29, 0.717) is 6.61 Å². The van der Waals surface area contributed by atoms with Gasteiger partial charge >= 0.3 is 0 Å². The van der Waals surface area contributed by atoms with E-state index in [2.05, 4.69) is 64.0 Å². The van der Waals surface area contributed by atoms with Crippen molar-refractivity contribution in [2.75, 3.05) is 55.4 Å². The summed E-state index contributed by atoms with van der Waals surface area (Å²) in [5.74, 6) is 1.57. The number of aliphatic imine (C=N–C) groups is 1. The van der Waals surface area contributed by atoms with Crippen molar-refractivity contribution in [3.8, 4) is 5.75 Å². The lowest BCUT2D eigenvalue weighted by molar-refractivity contribution is 0.313. The van der Waals surface area contributed by atoms with Crippen LogP contribution in [0.15, 0.2) is 65.3 Å². The molecule has 2 aliphatic heterocycles. The highest BCUT2D eigenvalue weighted by molar-refractivity contribution is 5.95. The summed E-state index contributed by atoms with van der Waals surface area (Å²) >= 11 is 0. The zero-order valence-corrected chi connectivity index (χ0v) is 18.6. The second-order valence-corrected chi connectivity index (χ2v) is 7.98. The summed E-state index contributed by atoms with van der Waals surface area (Å²) < 4.78 is 5.60. The average Bonchev–Trinajstić information content (AvgIpc) is 2.78. The first-order valence-electron chi connectivity index (χ1n) is 10.9. The van der Waals surface area contributed by atoms with E-state index in [9.17, 15) is 0 Å². The van der Waals surface area contributed by atoms with Gasteiger partial charge in [0.25, 0.3) is 0 Å². The third-order valence-corrected chi connectivity index (χ3v) is 5.57. The first-order valence-corrected chi connectivity index (χ1v) is 10.9. The maximum atomic E-state index is 5.60. The molecule has 0 spiro atoms. The summed E-state index contributed by atoms with van der Waals surface area (Å²) in [5, 5.41) is 10.1. The Bertz CT molecular complexity index is 931. The number of rotatable bonds is 6. The largest absolute Gasteiger partial charge is 0.494 e. The van der Waals surface area contributed by atoms with Crippen LogP contribution in [0.4, 0.5) is 17.1 Å². The standard InChI is InChI=1S/C24H32N6O/c1-4-31-22-7-5-6-20(16-22)26-23-18(2)17-25-24(28-23)27-19-8-10-21(11-9-19)30-14-12-29(3)13-15-30/h5-11,16-17,23,26H,4,12-15H2,1-3H3,(H2,25,27,28). The van der Waals surface area contributed by atoms with Crippen LogP contribution in [-0.4, -0.2) is 56.9 Å². The van der Waals surface area contributed by atoms with Crippen LogP contribution in [0.25, 0.3) is 0 Å². The minimum absolute atomic E-state index is 0.148. The van der Waals surface area contributed by atoms with E-state index in [0.717, 1.165) is 54.8 Å². The molecule has 0 bridgehead atoms. The smallest absolute Gasteiger partial charge is 0.202 e.